The van der Waals surface area contributed by atoms with Crippen molar-refractivity contribution < 1.29 is 29.6 Å². The molecule has 1 atom stereocenters. The molecule has 0 unspecified atom stereocenters. The summed E-state index contributed by atoms with van der Waals surface area (Å²) >= 11 is 6.74. The van der Waals surface area contributed by atoms with E-state index in [0.29, 0.717) is 20.4 Å². The number of benzene rings is 2. The number of ether oxygens (including phenoxy) is 1. The average Bonchev–Trinajstić information content (AvgIpc) is 2.64. The Bertz CT molecular complexity index is 893. The number of nitrogens with one attached hydrogen (secondary N) is 1. The summed E-state index contributed by atoms with van der Waals surface area (Å²) in [4.78, 5) is 23.6. The molecule has 9 heteroatoms. The minimum Gasteiger partial charge on any atom is -0.508 e. The first kappa shape index (κ1) is 23.2. The molecule has 0 heterocycles. The number of aliphatic hydroxyl groups excluding tert-OH is 1. The van der Waals surface area contributed by atoms with Crippen molar-refractivity contribution >= 4 is 43.7 Å². The summed E-state index contributed by atoms with van der Waals surface area (Å²) in [5, 5.41) is 30.4. The topological polar surface area (TPSA) is 116 Å². The summed E-state index contributed by atoms with van der Waals surface area (Å²) in [7, 11) is 0. The Morgan fingerprint density at radius 1 is 1.14 bits per heavy atom. The highest BCUT2D eigenvalue weighted by Gasteiger charge is 2.22. The van der Waals surface area contributed by atoms with Gasteiger partial charge in [0.05, 0.1) is 8.95 Å². The fraction of sp³-hybridized carbons (Fsp3) is 0.300. The van der Waals surface area contributed by atoms with E-state index in [1.54, 1.807) is 18.2 Å². The SMILES string of the molecule is CC(C)c1cc(Oc2c(Br)cc(C(=O)N[C@H](CCO)C(=O)O)cc2Br)ccc1O. The largest absolute Gasteiger partial charge is 0.508 e. The van der Waals surface area contributed by atoms with Crippen molar-refractivity contribution in [1.29, 1.82) is 0 Å². The van der Waals surface area contributed by atoms with Crippen LogP contribution in [0.2, 0.25) is 0 Å². The predicted molar refractivity (Wildman–Crippen MR) is 115 cm³/mol. The van der Waals surface area contributed by atoms with Crippen molar-refractivity contribution in [2.24, 2.45) is 0 Å². The lowest BCUT2D eigenvalue weighted by atomic mass is 10.0. The van der Waals surface area contributed by atoms with Crippen LogP contribution in [0, 0.1) is 0 Å². The van der Waals surface area contributed by atoms with Crippen LogP contribution in [0.1, 0.15) is 42.1 Å². The number of carbonyl (C=O) groups is 2. The van der Waals surface area contributed by atoms with Crippen molar-refractivity contribution in [2.75, 3.05) is 6.61 Å². The van der Waals surface area contributed by atoms with Gasteiger partial charge in [-0.25, -0.2) is 4.79 Å². The quantitative estimate of drug-likeness (QED) is 0.402. The Hall–Kier alpha value is -2.10. The van der Waals surface area contributed by atoms with Crippen molar-refractivity contribution in [1.82, 2.24) is 5.32 Å². The molecule has 7 nitrogen and oxygen atoms in total. The Morgan fingerprint density at radius 3 is 2.28 bits per heavy atom. The number of carbonyl (C=O) groups excluding carboxylic acids is 1. The third kappa shape index (κ3) is 5.94. The molecule has 2 rings (SSSR count). The summed E-state index contributed by atoms with van der Waals surface area (Å²) in [6, 6.07) is 6.77. The Morgan fingerprint density at radius 2 is 1.76 bits per heavy atom. The zero-order valence-corrected chi connectivity index (χ0v) is 18.9. The molecule has 29 heavy (non-hydrogen) atoms. The van der Waals surface area contributed by atoms with Crippen molar-refractivity contribution in [2.45, 2.75) is 32.2 Å². The van der Waals surface area contributed by atoms with Crippen LogP contribution in [0.5, 0.6) is 17.2 Å². The van der Waals surface area contributed by atoms with E-state index in [-0.39, 0.29) is 30.3 Å². The molecule has 4 N–H and O–H groups in total. The van der Waals surface area contributed by atoms with Gasteiger partial charge in [0.1, 0.15) is 17.5 Å². The highest BCUT2D eigenvalue weighted by Crippen LogP contribution is 2.39. The average molecular weight is 531 g/mol. The minimum absolute atomic E-state index is 0.0936. The monoisotopic (exact) mass is 529 g/mol. The van der Waals surface area contributed by atoms with E-state index in [0.717, 1.165) is 5.56 Å². The molecule has 0 fully saturated rings. The van der Waals surface area contributed by atoms with Gasteiger partial charge in [-0.3, -0.25) is 4.79 Å². The van der Waals surface area contributed by atoms with Crippen LogP contribution in [-0.2, 0) is 4.79 Å². The molecule has 0 saturated heterocycles. The van der Waals surface area contributed by atoms with E-state index in [9.17, 15) is 14.7 Å². The number of phenols is 1. The van der Waals surface area contributed by atoms with Crippen LogP contribution in [0.15, 0.2) is 39.3 Å². The number of hydrogen-bond acceptors (Lipinski definition) is 5. The van der Waals surface area contributed by atoms with E-state index in [4.69, 9.17) is 14.9 Å². The standard InChI is InChI=1S/C20H21Br2NO6/c1-10(2)13-9-12(3-4-17(13)25)29-18-14(21)7-11(8-15(18)22)19(26)23-16(5-6-24)20(27)28/h3-4,7-10,16,24-25H,5-6H2,1-2H3,(H,23,26)(H,27,28)/t16-/m1/s1. The van der Waals surface area contributed by atoms with Crippen LogP contribution >= 0.6 is 31.9 Å². The van der Waals surface area contributed by atoms with E-state index >= 15 is 0 Å². The number of amides is 1. The van der Waals surface area contributed by atoms with Gasteiger partial charge in [-0.2, -0.15) is 0 Å². The maximum atomic E-state index is 12.4. The highest BCUT2D eigenvalue weighted by molar-refractivity contribution is 9.11. The van der Waals surface area contributed by atoms with Gasteiger partial charge in [0.2, 0.25) is 0 Å². The summed E-state index contributed by atoms with van der Waals surface area (Å²) in [6.45, 7) is 3.56. The fourth-order valence-corrected chi connectivity index (χ4v) is 3.94. The van der Waals surface area contributed by atoms with Crippen LogP contribution in [-0.4, -0.2) is 39.8 Å². The zero-order chi connectivity index (χ0) is 21.7. The van der Waals surface area contributed by atoms with Gasteiger partial charge < -0.3 is 25.4 Å². The fourth-order valence-electron chi connectivity index (χ4n) is 2.59. The summed E-state index contributed by atoms with van der Waals surface area (Å²) in [6.07, 6.45) is -0.0936. The molecular weight excluding hydrogens is 510 g/mol. The minimum atomic E-state index is -1.22. The molecule has 0 radical (unpaired) electrons. The van der Waals surface area contributed by atoms with Gasteiger partial charge in [0.25, 0.3) is 5.91 Å². The zero-order valence-electron chi connectivity index (χ0n) is 15.8. The normalized spacial score (nSPS) is 11.9. The smallest absolute Gasteiger partial charge is 0.326 e. The third-order valence-corrected chi connectivity index (χ3v) is 5.30. The van der Waals surface area contributed by atoms with Gasteiger partial charge in [0, 0.05) is 24.2 Å². The molecule has 1 amide bonds. The van der Waals surface area contributed by atoms with Crippen LogP contribution in [0.3, 0.4) is 0 Å². The molecule has 2 aromatic carbocycles. The molecule has 0 aromatic heterocycles. The van der Waals surface area contributed by atoms with Gasteiger partial charge in [-0.15, -0.1) is 0 Å². The van der Waals surface area contributed by atoms with Crippen molar-refractivity contribution in [3.05, 3.63) is 50.4 Å². The second kappa shape index (κ2) is 10.1. The van der Waals surface area contributed by atoms with Gasteiger partial charge >= 0.3 is 5.97 Å². The van der Waals surface area contributed by atoms with Crippen LogP contribution in [0.4, 0.5) is 0 Å². The number of aliphatic hydroxyl groups is 1. The van der Waals surface area contributed by atoms with E-state index in [1.165, 1.54) is 12.1 Å². The maximum absolute atomic E-state index is 12.4. The lowest BCUT2D eigenvalue weighted by molar-refractivity contribution is -0.139. The molecule has 0 spiro atoms. The Kier molecular flexibility index (Phi) is 8.06. The number of carboxylic acid groups (broad SMARTS) is 1. The summed E-state index contributed by atoms with van der Waals surface area (Å²) in [5.74, 6) is -0.582. The first-order chi connectivity index (χ1) is 13.6. The highest BCUT2D eigenvalue weighted by atomic mass is 79.9. The Labute approximate surface area is 185 Å². The first-order valence-electron chi connectivity index (χ1n) is 8.78. The molecule has 0 bridgehead atoms. The number of hydrogen-bond donors (Lipinski definition) is 4. The number of halogens is 2. The lowest BCUT2D eigenvalue weighted by Crippen LogP contribution is -2.41. The number of aromatic hydroxyl groups is 1. The van der Waals surface area contributed by atoms with E-state index < -0.39 is 17.9 Å². The molecule has 2 aromatic rings. The molecule has 156 valence electrons. The van der Waals surface area contributed by atoms with E-state index in [1.807, 2.05) is 13.8 Å². The molecule has 0 aliphatic carbocycles. The first-order valence-corrected chi connectivity index (χ1v) is 10.4. The van der Waals surface area contributed by atoms with Crippen molar-refractivity contribution in [3.8, 4) is 17.2 Å². The predicted octanol–water partition coefficient (Wildman–Crippen LogP) is 4.40. The van der Waals surface area contributed by atoms with Crippen LogP contribution < -0.4 is 10.1 Å². The third-order valence-electron chi connectivity index (χ3n) is 4.12. The number of carboxylic acids is 1. The van der Waals surface area contributed by atoms with E-state index in [2.05, 4.69) is 37.2 Å². The molecule has 0 aliphatic rings. The van der Waals surface area contributed by atoms with Crippen molar-refractivity contribution in [3.63, 3.8) is 0 Å². The number of rotatable bonds is 8. The summed E-state index contributed by atoms with van der Waals surface area (Å²) < 4.78 is 6.87. The Balaban J connectivity index is 2.26. The van der Waals surface area contributed by atoms with Gasteiger partial charge in [0.15, 0.2) is 5.75 Å². The number of aliphatic carboxylic acids is 1. The second-order valence-corrected chi connectivity index (χ2v) is 8.33. The van der Waals surface area contributed by atoms with Gasteiger partial charge in [-0.1, -0.05) is 13.8 Å². The second-order valence-electron chi connectivity index (χ2n) is 6.62. The maximum Gasteiger partial charge on any atom is 0.326 e. The summed E-state index contributed by atoms with van der Waals surface area (Å²) in [5.41, 5.74) is 0.961. The van der Waals surface area contributed by atoms with Crippen LogP contribution in [0.25, 0.3) is 0 Å². The molecule has 0 aliphatic heterocycles. The number of phenolic OH excluding ortho intramolecular Hbond substituents is 1. The lowest BCUT2D eigenvalue weighted by Gasteiger charge is -2.16. The molecule has 0 saturated carbocycles. The molecular formula is C20H21Br2NO6. The van der Waals surface area contributed by atoms with Gasteiger partial charge in [-0.05, 0) is 68.1 Å².